The van der Waals surface area contributed by atoms with E-state index in [9.17, 15) is 0 Å². The number of hydrogen-bond donors (Lipinski definition) is 1. The molecule has 1 aromatic carbocycles. The lowest BCUT2D eigenvalue weighted by Crippen LogP contribution is -1.73. The highest BCUT2D eigenvalue weighted by molar-refractivity contribution is 7.99. The van der Waals surface area contributed by atoms with E-state index in [4.69, 9.17) is 11.6 Å². The van der Waals surface area contributed by atoms with Crippen molar-refractivity contribution in [2.45, 2.75) is 9.92 Å². The van der Waals surface area contributed by atoms with Crippen LogP contribution in [0.15, 0.2) is 46.5 Å². The second-order valence-corrected chi connectivity index (χ2v) is 4.00. The first-order valence-corrected chi connectivity index (χ1v) is 4.97. The lowest BCUT2D eigenvalue weighted by molar-refractivity contribution is 1.00. The van der Waals surface area contributed by atoms with Gasteiger partial charge in [0.2, 0.25) is 0 Å². The Morgan fingerprint density at radius 2 is 1.92 bits per heavy atom. The average Bonchev–Trinajstić information content (AvgIpc) is 2.62. The SMILES string of the molecule is Clc1ccc(Sc2cc[nH]n2)cc1. The van der Waals surface area contributed by atoms with Crippen LogP contribution in [0.5, 0.6) is 0 Å². The van der Waals surface area contributed by atoms with E-state index in [0.29, 0.717) is 0 Å². The summed E-state index contributed by atoms with van der Waals surface area (Å²) in [6.45, 7) is 0. The van der Waals surface area contributed by atoms with Crippen molar-refractivity contribution in [1.29, 1.82) is 0 Å². The van der Waals surface area contributed by atoms with Gasteiger partial charge in [-0.15, -0.1) is 0 Å². The summed E-state index contributed by atoms with van der Waals surface area (Å²) in [6, 6.07) is 9.62. The first-order valence-electron chi connectivity index (χ1n) is 3.78. The lowest BCUT2D eigenvalue weighted by atomic mass is 10.4. The molecule has 0 saturated heterocycles. The summed E-state index contributed by atoms with van der Waals surface area (Å²) in [5, 5.41) is 8.52. The van der Waals surface area contributed by atoms with E-state index in [1.54, 1.807) is 18.0 Å². The van der Waals surface area contributed by atoms with Crippen LogP contribution in [0, 0.1) is 0 Å². The number of rotatable bonds is 2. The number of aromatic amines is 1. The van der Waals surface area contributed by atoms with Crippen LogP contribution in [-0.2, 0) is 0 Å². The van der Waals surface area contributed by atoms with Gasteiger partial charge in [-0.3, -0.25) is 5.10 Å². The normalized spacial score (nSPS) is 10.2. The molecule has 66 valence electrons. The molecule has 0 fully saturated rings. The van der Waals surface area contributed by atoms with Gasteiger partial charge in [0.1, 0.15) is 5.03 Å². The van der Waals surface area contributed by atoms with Gasteiger partial charge in [0.25, 0.3) is 0 Å². The standard InChI is InChI=1S/C9H7ClN2S/c10-7-1-3-8(4-2-7)13-9-5-6-11-12-9/h1-6H,(H,11,12). The first-order chi connectivity index (χ1) is 6.34. The van der Waals surface area contributed by atoms with E-state index in [1.165, 1.54) is 0 Å². The monoisotopic (exact) mass is 210 g/mol. The maximum absolute atomic E-state index is 5.76. The molecule has 2 rings (SSSR count). The summed E-state index contributed by atoms with van der Waals surface area (Å²) < 4.78 is 0. The minimum atomic E-state index is 0.756. The molecular weight excluding hydrogens is 204 g/mol. The molecule has 1 aromatic heterocycles. The molecule has 0 bridgehead atoms. The van der Waals surface area contributed by atoms with Crippen molar-refractivity contribution in [3.63, 3.8) is 0 Å². The Morgan fingerprint density at radius 3 is 2.54 bits per heavy atom. The van der Waals surface area contributed by atoms with Crippen molar-refractivity contribution >= 4 is 23.4 Å². The number of aromatic nitrogens is 2. The molecule has 0 spiro atoms. The smallest absolute Gasteiger partial charge is 0.123 e. The van der Waals surface area contributed by atoms with Crippen LogP contribution < -0.4 is 0 Å². The van der Waals surface area contributed by atoms with Gasteiger partial charge in [0.05, 0.1) is 0 Å². The van der Waals surface area contributed by atoms with Crippen LogP contribution in [-0.4, -0.2) is 10.2 Å². The molecule has 4 heteroatoms. The summed E-state index contributed by atoms with van der Waals surface area (Å²) >= 11 is 7.36. The van der Waals surface area contributed by atoms with Crippen LogP contribution in [0.3, 0.4) is 0 Å². The number of hydrogen-bond acceptors (Lipinski definition) is 2. The van der Waals surface area contributed by atoms with Gasteiger partial charge in [-0.2, -0.15) is 5.10 Å². The quantitative estimate of drug-likeness (QED) is 0.825. The Bertz CT molecular complexity index is 369. The van der Waals surface area contributed by atoms with Gasteiger partial charge < -0.3 is 0 Å². The van der Waals surface area contributed by atoms with E-state index < -0.39 is 0 Å². The minimum Gasteiger partial charge on any atom is -0.285 e. The molecule has 0 aliphatic rings. The van der Waals surface area contributed by atoms with E-state index in [-0.39, 0.29) is 0 Å². The zero-order chi connectivity index (χ0) is 9.10. The Labute approximate surface area is 85.3 Å². The Balaban J connectivity index is 2.15. The molecule has 1 N–H and O–H groups in total. The van der Waals surface area contributed by atoms with Crippen molar-refractivity contribution in [1.82, 2.24) is 10.2 Å². The van der Waals surface area contributed by atoms with Crippen molar-refractivity contribution < 1.29 is 0 Å². The zero-order valence-electron chi connectivity index (χ0n) is 6.70. The van der Waals surface area contributed by atoms with Gasteiger partial charge in [-0.1, -0.05) is 23.4 Å². The molecule has 0 unspecified atom stereocenters. The van der Waals surface area contributed by atoms with Crippen LogP contribution in [0.25, 0.3) is 0 Å². The van der Waals surface area contributed by atoms with Crippen LogP contribution >= 0.6 is 23.4 Å². The van der Waals surface area contributed by atoms with Crippen molar-refractivity contribution in [2.75, 3.05) is 0 Å². The highest BCUT2D eigenvalue weighted by Gasteiger charge is 1.97. The third kappa shape index (κ3) is 2.26. The number of benzene rings is 1. The van der Waals surface area contributed by atoms with Crippen LogP contribution in [0.2, 0.25) is 5.02 Å². The van der Waals surface area contributed by atoms with E-state index in [0.717, 1.165) is 14.9 Å². The van der Waals surface area contributed by atoms with Gasteiger partial charge >= 0.3 is 0 Å². The van der Waals surface area contributed by atoms with Crippen molar-refractivity contribution in [3.8, 4) is 0 Å². The van der Waals surface area contributed by atoms with Crippen molar-refractivity contribution in [2.24, 2.45) is 0 Å². The number of halogens is 1. The average molecular weight is 211 g/mol. The maximum atomic E-state index is 5.76. The summed E-state index contributed by atoms with van der Waals surface area (Å²) in [6.07, 6.45) is 1.80. The fraction of sp³-hybridized carbons (Fsp3) is 0. The van der Waals surface area contributed by atoms with Gasteiger partial charge in [-0.05, 0) is 30.3 Å². The Hall–Kier alpha value is -0.930. The predicted octanol–water partition coefficient (Wildman–Crippen LogP) is 3.21. The van der Waals surface area contributed by atoms with E-state index in [2.05, 4.69) is 10.2 Å². The molecule has 0 atom stereocenters. The third-order valence-electron chi connectivity index (χ3n) is 1.51. The molecule has 2 aromatic rings. The highest BCUT2D eigenvalue weighted by Crippen LogP contribution is 2.26. The zero-order valence-corrected chi connectivity index (χ0v) is 8.27. The minimum absolute atomic E-state index is 0.756. The molecule has 0 radical (unpaired) electrons. The topological polar surface area (TPSA) is 28.7 Å². The first kappa shape index (κ1) is 8.66. The Kier molecular flexibility index (Phi) is 2.57. The number of nitrogens with zero attached hydrogens (tertiary/aromatic N) is 1. The second-order valence-electron chi connectivity index (χ2n) is 2.47. The Morgan fingerprint density at radius 1 is 1.15 bits per heavy atom. The molecule has 13 heavy (non-hydrogen) atoms. The molecule has 0 amide bonds. The fourth-order valence-electron chi connectivity index (χ4n) is 0.927. The largest absolute Gasteiger partial charge is 0.285 e. The number of nitrogens with one attached hydrogen (secondary N) is 1. The molecule has 0 saturated carbocycles. The highest BCUT2D eigenvalue weighted by atomic mass is 35.5. The summed E-state index contributed by atoms with van der Waals surface area (Å²) in [5.74, 6) is 0. The summed E-state index contributed by atoms with van der Waals surface area (Å²) in [7, 11) is 0. The van der Waals surface area contributed by atoms with Crippen LogP contribution in [0.1, 0.15) is 0 Å². The van der Waals surface area contributed by atoms with Crippen LogP contribution in [0.4, 0.5) is 0 Å². The lowest BCUT2D eigenvalue weighted by Gasteiger charge is -1.96. The fourth-order valence-corrected chi connectivity index (χ4v) is 1.80. The molecule has 2 nitrogen and oxygen atoms in total. The molecule has 1 heterocycles. The molecule has 0 aliphatic heterocycles. The van der Waals surface area contributed by atoms with Gasteiger partial charge in [0, 0.05) is 16.1 Å². The summed E-state index contributed by atoms with van der Waals surface area (Å²) in [4.78, 5) is 1.14. The number of H-pyrrole nitrogens is 1. The molecule has 0 aliphatic carbocycles. The van der Waals surface area contributed by atoms with E-state index >= 15 is 0 Å². The van der Waals surface area contributed by atoms with Crippen molar-refractivity contribution in [3.05, 3.63) is 41.6 Å². The van der Waals surface area contributed by atoms with E-state index in [1.807, 2.05) is 30.3 Å². The summed E-state index contributed by atoms with van der Waals surface area (Å²) in [5.41, 5.74) is 0. The van der Waals surface area contributed by atoms with Gasteiger partial charge in [-0.25, -0.2) is 0 Å². The second kappa shape index (κ2) is 3.85. The maximum Gasteiger partial charge on any atom is 0.123 e. The predicted molar refractivity (Wildman–Crippen MR) is 54.2 cm³/mol. The third-order valence-corrected chi connectivity index (χ3v) is 2.71. The van der Waals surface area contributed by atoms with Gasteiger partial charge in [0.15, 0.2) is 0 Å². The molecular formula is C9H7ClN2S.